The molecule has 2 aromatic heterocycles. The molecule has 2 aliphatic rings. The van der Waals surface area contributed by atoms with E-state index in [9.17, 15) is 9.59 Å². The summed E-state index contributed by atoms with van der Waals surface area (Å²) in [5, 5.41) is 9.44. The molecule has 0 radical (unpaired) electrons. The molecule has 2 aromatic rings. The molecule has 1 N–H and O–H groups in total. The number of rotatable bonds is 3. The maximum Gasteiger partial charge on any atom is 0.267 e. The van der Waals surface area contributed by atoms with Gasteiger partial charge in [0.15, 0.2) is 0 Å². The van der Waals surface area contributed by atoms with Crippen LogP contribution in [0.5, 0.6) is 0 Å². The number of hydrogen-bond acceptors (Lipinski definition) is 6. The monoisotopic (exact) mass is 441 g/mol. The van der Waals surface area contributed by atoms with Gasteiger partial charge in [0.25, 0.3) is 11.5 Å². The number of nitrogens with zero attached hydrogens (tertiary/aromatic N) is 2. The second-order valence-electron chi connectivity index (χ2n) is 6.02. The molecule has 9 heteroatoms. The molecule has 0 spiro atoms. The fraction of sp³-hybridized carbons (Fsp3) is 0.438. The SMILES string of the molecule is O=C(NC1COCC1n1nc2c(cc1=O)CSCC2)c1cc(Br)cs1. The van der Waals surface area contributed by atoms with Crippen molar-refractivity contribution in [3.63, 3.8) is 0 Å². The molecule has 4 heterocycles. The molecule has 6 nitrogen and oxygen atoms in total. The van der Waals surface area contributed by atoms with E-state index in [-0.39, 0.29) is 23.6 Å². The lowest BCUT2D eigenvalue weighted by atomic mass is 10.1. The van der Waals surface area contributed by atoms with Gasteiger partial charge in [-0.1, -0.05) is 0 Å². The summed E-state index contributed by atoms with van der Waals surface area (Å²) in [5.74, 6) is 1.71. The van der Waals surface area contributed by atoms with Crippen LogP contribution in [0.2, 0.25) is 0 Å². The largest absolute Gasteiger partial charge is 0.377 e. The average molecular weight is 442 g/mol. The van der Waals surface area contributed by atoms with E-state index in [2.05, 4.69) is 26.3 Å². The molecule has 4 rings (SSSR count). The minimum absolute atomic E-state index is 0.130. The molecule has 2 aliphatic heterocycles. The number of amides is 1. The first-order chi connectivity index (χ1) is 12.1. The van der Waals surface area contributed by atoms with Crippen LogP contribution in [0.15, 0.2) is 26.8 Å². The molecule has 0 bridgehead atoms. The third kappa shape index (κ3) is 3.55. The number of hydrogen-bond donors (Lipinski definition) is 1. The Balaban J connectivity index is 1.57. The summed E-state index contributed by atoms with van der Waals surface area (Å²) in [6.45, 7) is 0.754. The van der Waals surface area contributed by atoms with E-state index in [1.807, 2.05) is 17.1 Å². The highest BCUT2D eigenvalue weighted by Gasteiger charge is 2.33. The van der Waals surface area contributed by atoms with Crippen LogP contribution in [0.25, 0.3) is 0 Å². The molecule has 0 saturated carbocycles. The third-order valence-corrected chi connectivity index (χ3v) is 7.03. The lowest BCUT2D eigenvalue weighted by molar-refractivity contribution is 0.0928. The Labute approximate surface area is 161 Å². The van der Waals surface area contributed by atoms with E-state index >= 15 is 0 Å². The molecule has 1 fully saturated rings. The fourth-order valence-corrected chi connectivity index (χ4v) is 5.34. The summed E-state index contributed by atoms with van der Waals surface area (Å²) in [7, 11) is 0. The van der Waals surface area contributed by atoms with Gasteiger partial charge in [-0.05, 0) is 33.3 Å². The summed E-state index contributed by atoms with van der Waals surface area (Å²) in [4.78, 5) is 25.5. The molecular formula is C16H16BrN3O3S2. The summed E-state index contributed by atoms with van der Waals surface area (Å²) in [6.07, 6.45) is 0.869. The van der Waals surface area contributed by atoms with Crippen molar-refractivity contribution in [2.45, 2.75) is 24.3 Å². The number of carbonyl (C=O) groups excluding carboxylic acids is 1. The highest BCUT2D eigenvalue weighted by Crippen LogP contribution is 2.24. The third-order valence-electron chi connectivity index (χ3n) is 4.34. The molecule has 0 aromatic carbocycles. The van der Waals surface area contributed by atoms with E-state index in [4.69, 9.17) is 4.74 Å². The van der Waals surface area contributed by atoms with Crippen molar-refractivity contribution in [1.82, 2.24) is 15.1 Å². The van der Waals surface area contributed by atoms with Gasteiger partial charge in [0.2, 0.25) is 0 Å². The zero-order valence-electron chi connectivity index (χ0n) is 13.2. The Bertz CT molecular complexity index is 867. The zero-order chi connectivity index (χ0) is 17.4. The lowest BCUT2D eigenvalue weighted by Gasteiger charge is -2.22. The number of halogens is 1. The minimum Gasteiger partial charge on any atom is -0.377 e. The standard InChI is InChI=1S/C16H16BrN3O3S2/c17-10-4-14(25-8-10)16(22)18-12-5-23-6-13(12)20-15(21)3-9-7-24-2-1-11(9)19-20/h3-4,8,12-13H,1-2,5-7H2,(H,18,22). The Morgan fingerprint density at radius 2 is 2.28 bits per heavy atom. The molecule has 1 amide bonds. The predicted octanol–water partition coefficient (Wildman–Crippen LogP) is 2.23. The summed E-state index contributed by atoms with van der Waals surface area (Å²) in [6, 6.07) is 2.92. The van der Waals surface area contributed by atoms with Crippen molar-refractivity contribution in [2.24, 2.45) is 0 Å². The van der Waals surface area contributed by atoms with Crippen molar-refractivity contribution in [3.8, 4) is 0 Å². The van der Waals surface area contributed by atoms with Gasteiger partial charge in [0, 0.05) is 28.1 Å². The number of fused-ring (bicyclic) bond motifs is 1. The van der Waals surface area contributed by atoms with Crippen LogP contribution in [0.3, 0.4) is 0 Å². The number of carbonyl (C=O) groups is 1. The average Bonchev–Trinajstić information content (AvgIpc) is 3.23. The van der Waals surface area contributed by atoms with Crippen LogP contribution >= 0.6 is 39.0 Å². The first-order valence-corrected chi connectivity index (χ1v) is 10.8. The van der Waals surface area contributed by atoms with E-state index in [1.54, 1.807) is 12.1 Å². The van der Waals surface area contributed by atoms with Crippen LogP contribution in [-0.2, 0) is 16.9 Å². The molecule has 0 aliphatic carbocycles. The molecular weight excluding hydrogens is 426 g/mol. The van der Waals surface area contributed by atoms with Crippen molar-refractivity contribution in [1.29, 1.82) is 0 Å². The van der Waals surface area contributed by atoms with Crippen LogP contribution in [-0.4, -0.2) is 40.7 Å². The van der Waals surface area contributed by atoms with Crippen molar-refractivity contribution in [3.05, 3.63) is 48.5 Å². The molecule has 132 valence electrons. The van der Waals surface area contributed by atoms with E-state index < -0.39 is 0 Å². The number of thioether (sulfide) groups is 1. The van der Waals surface area contributed by atoms with Crippen LogP contribution < -0.4 is 10.9 Å². The summed E-state index contributed by atoms with van der Waals surface area (Å²) in [5.41, 5.74) is 1.88. The number of thiophene rings is 1. The van der Waals surface area contributed by atoms with Gasteiger partial charge in [0.05, 0.1) is 29.8 Å². The Kier molecular flexibility index (Phi) is 4.99. The number of aromatic nitrogens is 2. The Morgan fingerprint density at radius 1 is 1.40 bits per heavy atom. The van der Waals surface area contributed by atoms with E-state index in [0.29, 0.717) is 18.1 Å². The molecule has 25 heavy (non-hydrogen) atoms. The van der Waals surface area contributed by atoms with Gasteiger partial charge in [-0.2, -0.15) is 16.9 Å². The second kappa shape index (κ2) is 7.22. The smallest absolute Gasteiger partial charge is 0.267 e. The topological polar surface area (TPSA) is 73.2 Å². The maximum atomic E-state index is 12.5. The number of ether oxygens (including phenoxy) is 1. The maximum absolute atomic E-state index is 12.5. The van der Waals surface area contributed by atoms with Crippen LogP contribution in [0.4, 0.5) is 0 Å². The van der Waals surface area contributed by atoms with Crippen molar-refractivity contribution < 1.29 is 9.53 Å². The normalized spacial score (nSPS) is 22.6. The van der Waals surface area contributed by atoms with Crippen molar-refractivity contribution >= 4 is 44.9 Å². The first kappa shape index (κ1) is 17.3. The number of nitrogens with one attached hydrogen (secondary N) is 1. The van der Waals surface area contributed by atoms with Gasteiger partial charge in [-0.15, -0.1) is 11.3 Å². The Morgan fingerprint density at radius 3 is 3.08 bits per heavy atom. The highest BCUT2D eigenvalue weighted by atomic mass is 79.9. The number of aryl methyl sites for hydroxylation is 1. The Hall–Kier alpha value is -1.16. The predicted molar refractivity (Wildman–Crippen MR) is 101 cm³/mol. The first-order valence-electron chi connectivity index (χ1n) is 7.94. The molecule has 1 saturated heterocycles. The van der Waals surface area contributed by atoms with Gasteiger partial charge >= 0.3 is 0 Å². The molecule has 2 atom stereocenters. The minimum atomic E-state index is -0.278. The van der Waals surface area contributed by atoms with Gasteiger partial charge in [-0.3, -0.25) is 9.59 Å². The van der Waals surface area contributed by atoms with E-state index in [0.717, 1.165) is 33.7 Å². The summed E-state index contributed by atoms with van der Waals surface area (Å²) < 4.78 is 7.92. The molecule has 2 unspecified atom stereocenters. The van der Waals surface area contributed by atoms with Gasteiger partial charge in [0.1, 0.15) is 6.04 Å². The second-order valence-corrected chi connectivity index (χ2v) is 8.95. The van der Waals surface area contributed by atoms with E-state index in [1.165, 1.54) is 16.0 Å². The quantitative estimate of drug-likeness (QED) is 0.790. The zero-order valence-corrected chi connectivity index (χ0v) is 16.5. The summed E-state index contributed by atoms with van der Waals surface area (Å²) >= 11 is 6.55. The van der Waals surface area contributed by atoms with Crippen LogP contribution in [0, 0.1) is 0 Å². The van der Waals surface area contributed by atoms with Gasteiger partial charge in [-0.25, -0.2) is 4.68 Å². The fourth-order valence-electron chi connectivity index (χ4n) is 3.06. The van der Waals surface area contributed by atoms with Crippen molar-refractivity contribution in [2.75, 3.05) is 19.0 Å². The lowest BCUT2D eigenvalue weighted by Crippen LogP contribution is -2.44. The highest BCUT2D eigenvalue weighted by molar-refractivity contribution is 9.10. The van der Waals surface area contributed by atoms with Gasteiger partial charge < -0.3 is 10.1 Å². The van der Waals surface area contributed by atoms with Crippen LogP contribution in [0.1, 0.15) is 27.0 Å².